The molecule has 1 aliphatic carbocycles. The van der Waals surface area contributed by atoms with Gasteiger partial charge in [-0.05, 0) is 56.7 Å². The number of hydrogen-bond donors (Lipinski definition) is 2. The Labute approximate surface area is 199 Å². The maximum atomic E-state index is 13.1. The quantitative estimate of drug-likeness (QED) is 0.525. The van der Waals surface area contributed by atoms with Crippen molar-refractivity contribution in [2.24, 2.45) is 5.92 Å². The number of alkyl halides is 6. The molecule has 2 N–H and O–H groups in total. The highest BCUT2D eigenvalue weighted by atomic mass is 19.4. The average molecular weight is 503 g/mol. The summed E-state index contributed by atoms with van der Waals surface area (Å²) in [6.07, 6.45) is -7.45. The standard InChI is InChI=1S/C23H27F6N5O/c1-13-8-19(34(2)3)33-21(31-13)30-12-14-4-6-18(7-5-14)32-20(35)15-9-16(22(24,25)26)11-17(10-15)23(27,28)29/h8-11,14,18H,4-7,12H2,1-3H3,(H,32,35)(H,30,31,33). The molecule has 1 saturated carbocycles. The Morgan fingerprint density at radius 2 is 1.51 bits per heavy atom. The second kappa shape index (κ2) is 10.3. The Morgan fingerprint density at radius 3 is 2.03 bits per heavy atom. The van der Waals surface area contributed by atoms with Gasteiger partial charge in [0.2, 0.25) is 5.95 Å². The van der Waals surface area contributed by atoms with Gasteiger partial charge in [-0.3, -0.25) is 4.79 Å². The Balaban J connectivity index is 1.58. The number of anilines is 2. The lowest BCUT2D eigenvalue weighted by Crippen LogP contribution is -2.38. The van der Waals surface area contributed by atoms with Crippen LogP contribution < -0.4 is 15.5 Å². The fraction of sp³-hybridized carbons (Fsp3) is 0.522. The summed E-state index contributed by atoms with van der Waals surface area (Å²) in [6.45, 7) is 2.48. The molecular formula is C23H27F6N5O. The number of carbonyl (C=O) groups excluding carboxylic acids is 1. The molecule has 3 rings (SSSR count). The van der Waals surface area contributed by atoms with Crippen LogP contribution in [0.5, 0.6) is 0 Å². The molecule has 35 heavy (non-hydrogen) atoms. The molecule has 2 aromatic rings. The Morgan fingerprint density at radius 1 is 0.943 bits per heavy atom. The van der Waals surface area contributed by atoms with Crippen molar-refractivity contribution in [1.29, 1.82) is 0 Å². The predicted octanol–water partition coefficient (Wildman–Crippen LogP) is 5.29. The molecule has 0 radical (unpaired) electrons. The van der Waals surface area contributed by atoms with Crippen LogP contribution in [0.4, 0.5) is 38.1 Å². The zero-order valence-electron chi connectivity index (χ0n) is 19.5. The van der Waals surface area contributed by atoms with E-state index in [1.165, 1.54) is 0 Å². The predicted molar refractivity (Wildman–Crippen MR) is 119 cm³/mol. The van der Waals surface area contributed by atoms with Gasteiger partial charge >= 0.3 is 12.4 Å². The van der Waals surface area contributed by atoms with E-state index in [1.54, 1.807) is 0 Å². The molecule has 0 spiro atoms. The van der Waals surface area contributed by atoms with Crippen LogP contribution in [0.3, 0.4) is 0 Å². The highest BCUT2D eigenvalue weighted by molar-refractivity contribution is 5.94. The van der Waals surface area contributed by atoms with Gasteiger partial charge in [0, 0.05) is 44.0 Å². The summed E-state index contributed by atoms with van der Waals surface area (Å²) in [4.78, 5) is 23.2. The SMILES string of the molecule is Cc1cc(N(C)C)nc(NCC2CCC(NC(=O)c3cc(C(F)(F)F)cc(C(F)(F)F)c3)CC2)n1. The van der Waals surface area contributed by atoms with E-state index in [0.717, 1.165) is 24.4 Å². The minimum atomic E-state index is -5.00. The van der Waals surface area contributed by atoms with Gasteiger partial charge < -0.3 is 15.5 Å². The zero-order valence-corrected chi connectivity index (χ0v) is 19.5. The van der Waals surface area contributed by atoms with E-state index >= 15 is 0 Å². The van der Waals surface area contributed by atoms with E-state index in [2.05, 4.69) is 20.6 Å². The molecule has 1 heterocycles. The smallest absolute Gasteiger partial charge is 0.363 e. The summed E-state index contributed by atoms with van der Waals surface area (Å²) in [7, 11) is 3.76. The molecule has 0 atom stereocenters. The fourth-order valence-electron chi connectivity index (χ4n) is 3.96. The molecule has 1 aliphatic rings. The third-order valence-corrected chi connectivity index (χ3v) is 5.88. The van der Waals surface area contributed by atoms with Gasteiger partial charge in [-0.15, -0.1) is 0 Å². The molecular weight excluding hydrogens is 476 g/mol. The lowest BCUT2D eigenvalue weighted by atomic mass is 9.86. The van der Waals surface area contributed by atoms with Gasteiger partial charge in [0.25, 0.3) is 5.91 Å². The van der Waals surface area contributed by atoms with Crippen LogP contribution in [0.1, 0.15) is 52.9 Å². The first-order valence-electron chi connectivity index (χ1n) is 11.1. The second-order valence-corrected chi connectivity index (χ2v) is 8.95. The number of amides is 1. The van der Waals surface area contributed by atoms with Gasteiger partial charge in [-0.2, -0.15) is 31.3 Å². The summed E-state index contributed by atoms with van der Waals surface area (Å²) in [6, 6.07) is 2.43. The van der Waals surface area contributed by atoms with Gasteiger partial charge in [0.1, 0.15) is 5.82 Å². The molecule has 12 heteroatoms. The number of halogens is 6. The zero-order chi connectivity index (χ0) is 26.0. The molecule has 1 aromatic carbocycles. The van der Waals surface area contributed by atoms with Crippen molar-refractivity contribution in [3.05, 3.63) is 46.6 Å². The van der Waals surface area contributed by atoms with Gasteiger partial charge in [-0.25, -0.2) is 4.98 Å². The van der Waals surface area contributed by atoms with Gasteiger partial charge in [0.15, 0.2) is 0 Å². The number of aryl methyl sites for hydroxylation is 1. The molecule has 0 aliphatic heterocycles. The van der Waals surface area contributed by atoms with E-state index < -0.39 is 35.0 Å². The van der Waals surface area contributed by atoms with E-state index in [4.69, 9.17) is 0 Å². The molecule has 0 bridgehead atoms. The third kappa shape index (κ3) is 7.22. The highest BCUT2D eigenvalue weighted by Gasteiger charge is 2.37. The molecule has 0 unspecified atom stereocenters. The minimum Gasteiger partial charge on any atom is -0.363 e. The number of rotatable bonds is 6. The molecule has 1 aromatic heterocycles. The van der Waals surface area contributed by atoms with E-state index in [-0.39, 0.29) is 18.0 Å². The maximum Gasteiger partial charge on any atom is 0.416 e. The monoisotopic (exact) mass is 503 g/mol. The first-order chi connectivity index (χ1) is 16.2. The summed E-state index contributed by atoms with van der Waals surface area (Å²) in [5.74, 6) is 0.594. The summed E-state index contributed by atoms with van der Waals surface area (Å²) >= 11 is 0. The van der Waals surface area contributed by atoms with Crippen LogP contribution in [0, 0.1) is 12.8 Å². The van der Waals surface area contributed by atoms with Crippen LogP contribution in [-0.2, 0) is 12.4 Å². The van der Waals surface area contributed by atoms with E-state index in [9.17, 15) is 31.1 Å². The van der Waals surface area contributed by atoms with Crippen molar-refractivity contribution in [3.63, 3.8) is 0 Å². The Bertz CT molecular complexity index is 1010. The van der Waals surface area contributed by atoms with E-state index in [1.807, 2.05) is 32.0 Å². The molecule has 1 fully saturated rings. The van der Waals surface area contributed by atoms with E-state index in [0.29, 0.717) is 37.5 Å². The number of benzene rings is 1. The maximum absolute atomic E-state index is 13.1. The van der Waals surface area contributed by atoms with Crippen molar-refractivity contribution in [1.82, 2.24) is 15.3 Å². The topological polar surface area (TPSA) is 70.2 Å². The Hall–Kier alpha value is -3.05. The van der Waals surface area contributed by atoms with Gasteiger partial charge in [0.05, 0.1) is 11.1 Å². The lowest BCUT2D eigenvalue weighted by molar-refractivity contribution is -0.143. The second-order valence-electron chi connectivity index (χ2n) is 8.95. The van der Waals surface area contributed by atoms with Crippen LogP contribution in [-0.4, -0.2) is 42.6 Å². The van der Waals surface area contributed by atoms with Crippen LogP contribution in [0.15, 0.2) is 24.3 Å². The number of aromatic nitrogens is 2. The van der Waals surface area contributed by atoms with Crippen LogP contribution in [0.25, 0.3) is 0 Å². The largest absolute Gasteiger partial charge is 0.416 e. The highest BCUT2D eigenvalue weighted by Crippen LogP contribution is 2.36. The molecule has 6 nitrogen and oxygen atoms in total. The minimum absolute atomic E-state index is 0.00836. The fourth-order valence-corrected chi connectivity index (χ4v) is 3.96. The molecule has 1 amide bonds. The lowest BCUT2D eigenvalue weighted by Gasteiger charge is -2.29. The first-order valence-corrected chi connectivity index (χ1v) is 11.1. The van der Waals surface area contributed by atoms with Crippen molar-refractivity contribution in [3.8, 4) is 0 Å². The summed E-state index contributed by atoms with van der Waals surface area (Å²) < 4.78 is 78.4. The third-order valence-electron chi connectivity index (χ3n) is 5.88. The normalized spacial score (nSPS) is 18.8. The number of carbonyl (C=O) groups is 1. The number of nitrogens with one attached hydrogen (secondary N) is 2. The summed E-state index contributed by atoms with van der Waals surface area (Å²) in [5, 5.41) is 5.81. The molecule has 0 saturated heterocycles. The van der Waals surface area contributed by atoms with Crippen LogP contribution in [0.2, 0.25) is 0 Å². The first kappa shape index (κ1) is 26.6. The van der Waals surface area contributed by atoms with Gasteiger partial charge in [-0.1, -0.05) is 0 Å². The number of hydrogen-bond acceptors (Lipinski definition) is 5. The van der Waals surface area contributed by atoms with Crippen LogP contribution >= 0.6 is 0 Å². The number of nitrogens with zero attached hydrogens (tertiary/aromatic N) is 3. The van der Waals surface area contributed by atoms with Crippen molar-refractivity contribution < 1.29 is 31.1 Å². The van der Waals surface area contributed by atoms with Crippen molar-refractivity contribution in [2.45, 2.75) is 51.0 Å². The van der Waals surface area contributed by atoms with Crippen molar-refractivity contribution >= 4 is 17.7 Å². The molecule has 192 valence electrons. The average Bonchev–Trinajstić information content (AvgIpc) is 2.76. The Kier molecular flexibility index (Phi) is 7.80. The van der Waals surface area contributed by atoms with Crippen molar-refractivity contribution in [2.75, 3.05) is 30.9 Å². The summed E-state index contributed by atoms with van der Waals surface area (Å²) in [5.41, 5.74) is -2.86.